The molecular weight excluding hydrogens is 717 g/mol. The normalized spacial score (nSPS) is 12.2. The van der Waals surface area contributed by atoms with E-state index in [4.69, 9.17) is 4.42 Å². The summed E-state index contributed by atoms with van der Waals surface area (Å²) in [6.07, 6.45) is 0. The van der Waals surface area contributed by atoms with Crippen LogP contribution in [0, 0.1) is 0 Å². The summed E-state index contributed by atoms with van der Waals surface area (Å²) in [4.78, 5) is 4.74. The minimum absolute atomic E-state index is 0.0464. The van der Waals surface area contributed by atoms with Gasteiger partial charge in [0.15, 0.2) is 0 Å². The van der Waals surface area contributed by atoms with Gasteiger partial charge in [-0.15, -0.1) is 0 Å². The van der Waals surface area contributed by atoms with Gasteiger partial charge in [0, 0.05) is 56.7 Å². The Labute approximate surface area is 346 Å². The van der Waals surface area contributed by atoms with E-state index < -0.39 is 0 Å². The Morgan fingerprint density at radius 1 is 0.339 bits per heavy atom. The van der Waals surface area contributed by atoms with Gasteiger partial charge in [0.1, 0.15) is 11.2 Å². The fourth-order valence-electron chi connectivity index (χ4n) is 8.66. The predicted molar refractivity (Wildman–Crippen MR) is 253 cm³/mol. The molecule has 0 N–H and O–H groups in total. The molecule has 0 unspecified atom stereocenters. The van der Waals surface area contributed by atoms with Crippen molar-refractivity contribution >= 4 is 88.4 Å². The number of hydrogen-bond donors (Lipinski definition) is 0. The Balaban J connectivity index is 1.17. The Morgan fingerprint density at radius 2 is 0.780 bits per heavy atom. The number of anilines is 6. The topological polar surface area (TPSA) is 19.6 Å². The highest BCUT2D eigenvalue weighted by molar-refractivity contribution is 6.23. The lowest BCUT2D eigenvalue weighted by molar-refractivity contribution is 0.590. The van der Waals surface area contributed by atoms with E-state index in [1.807, 2.05) is 0 Å². The molecule has 0 fully saturated rings. The standard InChI is InChI=1S/C56H48N2O/c1-55(2,3)41-21-27-43(28-22-41)57(45-25-19-37-13-7-9-15-39(37)33-45)47-31-32-50-52(35-47)59-53-36-51(48-17-11-12-18-49(48)54(50)53)58(44-29-23-42(24-30-44)56(4,5)6)46-26-20-38-14-8-10-16-40(38)34-46/h7-36H,1-6H3. The third kappa shape index (κ3) is 6.57. The molecule has 9 aromatic carbocycles. The Hall–Kier alpha value is -6.84. The second-order valence-corrected chi connectivity index (χ2v) is 17.9. The van der Waals surface area contributed by atoms with Crippen LogP contribution in [0.3, 0.4) is 0 Å². The van der Waals surface area contributed by atoms with Crippen molar-refractivity contribution in [1.82, 2.24) is 0 Å². The van der Waals surface area contributed by atoms with Gasteiger partial charge >= 0.3 is 0 Å². The van der Waals surface area contributed by atoms with Gasteiger partial charge < -0.3 is 14.2 Å². The van der Waals surface area contributed by atoms with Crippen molar-refractivity contribution in [2.75, 3.05) is 9.80 Å². The molecule has 0 saturated carbocycles. The summed E-state index contributed by atoms with van der Waals surface area (Å²) in [7, 11) is 0. The summed E-state index contributed by atoms with van der Waals surface area (Å²) >= 11 is 0. The summed E-state index contributed by atoms with van der Waals surface area (Å²) in [6.45, 7) is 13.6. The second-order valence-electron chi connectivity index (χ2n) is 17.9. The number of hydrogen-bond acceptors (Lipinski definition) is 3. The van der Waals surface area contributed by atoms with E-state index in [2.05, 4.69) is 233 Å². The maximum Gasteiger partial charge on any atom is 0.138 e. The van der Waals surface area contributed by atoms with Crippen molar-refractivity contribution in [3.8, 4) is 0 Å². The SMILES string of the molecule is CC(C)(C)c1ccc(N(c2ccc3ccccc3c2)c2ccc3c(c2)oc2cc(N(c4ccc(C(C)(C)C)cc4)c4ccc5ccccc5c4)c4ccccc4c23)cc1. The van der Waals surface area contributed by atoms with E-state index in [9.17, 15) is 0 Å². The highest BCUT2D eigenvalue weighted by Crippen LogP contribution is 2.47. The molecule has 0 amide bonds. The number of furan rings is 1. The van der Waals surface area contributed by atoms with Gasteiger partial charge in [0.2, 0.25) is 0 Å². The van der Waals surface area contributed by atoms with E-state index in [-0.39, 0.29) is 10.8 Å². The number of nitrogens with zero attached hydrogens (tertiary/aromatic N) is 2. The van der Waals surface area contributed by atoms with Crippen LogP contribution in [0.4, 0.5) is 34.1 Å². The molecule has 0 radical (unpaired) electrons. The lowest BCUT2D eigenvalue weighted by atomic mass is 9.87. The lowest BCUT2D eigenvalue weighted by Gasteiger charge is -2.28. The average Bonchev–Trinajstić information content (AvgIpc) is 3.61. The molecular formula is C56H48N2O. The van der Waals surface area contributed by atoms with Crippen molar-refractivity contribution in [2.24, 2.45) is 0 Å². The van der Waals surface area contributed by atoms with Crippen molar-refractivity contribution in [3.05, 3.63) is 193 Å². The first-order valence-electron chi connectivity index (χ1n) is 20.7. The van der Waals surface area contributed by atoms with Gasteiger partial charge in [-0.2, -0.15) is 0 Å². The smallest absolute Gasteiger partial charge is 0.138 e. The van der Waals surface area contributed by atoms with Crippen LogP contribution in [0.15, 0.2) is 186 Å². The zero-order valence-electron chi connectivity index (χ0n) is 34.6. The van der Waals surface area contributed by atoms with E-state index in [0.717, 1.165) is 66.8 Å². The molecule has 0 saturated heterocycles. The summed E-state index contributed by atoms with van der Waals surface area (Å²) in [6, 6.07) is 66.4. The van der Waals surface area contributed by atoms with Crippen LogP contribution in [0.2, 0.25) is 0 Å². The van der Waals surface area contributed by atoms with Gasteiger partial charge in [0.05, 0.1) is 5.69 Å². The highest BCUT2D eigenvalue weighted by Gasteiger charge is 2.23. The van der Waals surface area contributed by atoms with Crippen LogP contribution in [0.1, 0.15) is 52.7 Å². The monoisotopic (exact) mass is 764 g/mol. The first-order valence-corrected chi connectivity index (χ1v) is 20.7. The molecule has 288 valence electrons. The van der Waals surface area contributed by atoms with Crippen LogP contribution in [-0.4, -0.2) is 0 Å². The Morgan fingerprint density at radius 3 is 1.34 bits per heavy atom. The number of rotatable bonds is 6. The van der Waals surface area contributed by atoms with Gasteiger partial charge in [-0.3, -0.25) is 0 Å². The quantitative estimate of drug-likeness (QED) is 0.168. The van der Waals surface area contributed by atoms with Gasteiger partial charge in [-0.1, -0.05) is 151 Å². The maximum absolute atomic E-state index is 7.00. The van der Waals surface area contributed by atoms with E-state index in [0.29, 0.717) is 0 Å². The average molecular weight is 765 g/mol. The minimum Gasteiger partial charge on any atom is -0.456 e. The fraction of sp³-hybridized carbons (Fsp3) is 0.143. The number of fused-ring (bicyclic) bond motifs is 7. The molecule has 3 nitrogen and oxygen atoms in total. The Kier molecular flexibility index (Phi) is 8.61. The van der Waals surface area contributed by atoms with Crippen LogP contribution in [0.25, 0.3) is 54.3 Å². The fourth-order valence-corrected chi connectivity index (χ4v) is 8.66. The largest absolute Gasteiger partial charge is 0.456 e. The maximum atomic E-state index is 7.00. The summed E-state index contributed by atoms with van der Waals surface area (Å²) in [5.41, 5.74) is 10.9. The molecule has 59 heavy (non-hydrogen) atoms. The molecule has 0 spiro atoms. The summed E-state index contributed by atoms with van der Waals surface area (Å²) < 4.78 is 7.00. The molecule has 10 rings (SSSR count). The highest BCUT2D eigenvalue weighted by atomic mass is 16.3. The molecule has 0 aliphatic heterocycles. The van der Waals surface area contributed by atoms with E-state index in [1.165, 1.54) is 32.7 Å². The summed E-state index contributed by atoms with van der Waals surface area (Å²) in [5.74, 6) is 0. The molecule has 0 bridgehead atoms. The molecule has 1 aromatic heterocycles. The lowest BCUT2D eigenvalue weighted by Crippen LogP contribution is -2.13. The molecule has 10 aromatic rings. The molecule has 0 aliphatic rings. The summed E-state index contributed by atoms with van der Waals surface area (Å²) in [5, 5.41) is 9.39. The molecule has 0 aliphatic carbocycles. The minimum atomic E-state index is 0.0464. The zero-order valence-corrected chi connectivity index (χ0v) is 34.6. The zero-order chi connectivity index (χ0) is 40.5. The third-order valence-electron chi connectivity index (χ3n) is 11.9. The molecule has 0 atom stereocenters. The second kappa shape index (κ2) is 13.9. The van der Waals surface area contributed by atoms with Crippen LogP contribution >= 0.6 is 0 Å². The predicted octanol–water partition coefficient (Wildman–Crippen LogP) is 16.6. The van der Waals surface area contributed by atoms with Crippen molar-refractivity contribution in [3.63, 3.8) is 0 Å². The van der Waals surface area contributed by atoms with E-state index in [1.54, 1.807) is 0 Å². The number of benzene rings is 9. The van der Waals surface area contributed by atoms with Gasteiger partial charge in [-0.25, -0.2) is 0 Å². The first kappa shape index (κ1) is 36.5. The van der Waals surface area contributed by atoms with Gasteiger partial charge in [-0.05, 0) is 110 Å². The van der Waals surface area contributed by atoms with Crippen LogP contribution in [0.5, 0.6) is 0 Å². The first-order chi connectivity index (χ1) is 28.5. The van der Waals surface area contributed by atoms with Crippen molar-refractivity contribution in [2.45, 2.75) is 52.4 Å². The van der Waals surface area contributed by atoms with Crippen LogP contribution < -0.4 is 9.80 Å². The third-order valence-corrected chi connectivity index (χ3v) is 11.9. The molecule has 3 heteroatoms. The molecule has 1 heterocycles. The van der Waals surface area contributed by atoms with Crippen LogP contribution in [-0.2, 0) is 10.8 Å². The van der Waals surface area contributed by atoms with Gasteiger partial charge in [0.25, 0.3) is 0 Å². The van der Waals surface area contributed by atoms with Crippen molar-refractivity contribution < 1.29 is 4.42 Å². The van der Waals surface area contributed by atoms with E-state index >= 15 is 0 Å². The Bertz CT molecular complexity index is 3180. The van der Waals surface area contributed by atoms with Crippen molar-refractivity contribution in [1.29, 1.82) is 0 Å².